The van der Waals surface area contributed by atoms with E-state index < -0.39 is 12.0 Å². The number of hydrogen-bond donors (Lipinski definition) is 0. The number of methoxy groups -OCH3 is 2. The SMILES string of the molecule is COC(=O)OCc1ccc(OC)c(-c2cccc(C(C)=O)c2)c1F. The van der Waals surface area contributed by atoms with Gasteiger partial charge in [0.2, 0.25) is 0 Å². The summed E-state index contributed by atoms with van der Waals surface area (Å²) in [4.78, 5) is 22.6. The van der Waals surface area contributed by atoms with Crippen molar-refractivity contribution in [1.29, 1.82) is 0 Å². The number of Topliss-reactive ketones (excluding diaryl/α,β-unsaturated/α-hetero) is 1. The van der Waals surface area contributed by atoms with Crippen molar-refractivity contribution in [2.45, 2.75) is 13.5 Å². The fraction of sp³-hybridized carbons (Fsp3) is 0.222. The Labute approximate surface area is 139 Å². The summed E-state index contributed by atoms with van der Waals surface area (Å²) in [5.41, 5.74) is 1.33. The molecule has 0 spiro atoms. The maximum Gasteiger partial charge on any atom is 0.508 e. The number of halogens is 1. The molecule has 0 aliphatic heterocycles. The summed E-state index contributed by atoms with van der Waals surface area (Å²) in [6.07, 6.45) is -0.898. The van der Waals surface area contributed by atoms with Crippen molar-refractivity contribution in [3.63, 3.8) is 0 Å². The van der Waals surface area contributed by atoms with Gasteiger partial charge in [-0.1, -0.05) is 18.2 Å². The molecular weight excluding hydrogens is 315 g/mol. The van der Waals surface area contributed by atoms with E-state index in [4.69, 9.17) is 9.47 Å². The number of carbonyl (C=O) groups is 2. The number of ketones is 1. The molecule has 0 amide bonds. The molecule has 0 N–H and O–H groups in total. The third-order valence-electron chi connectivity index (χ3n) is 3.47. The molecule has 0 aromatic heterocycles. The summed E-state index contributed by atoms with van der Waals surface area (Å²) in [5, 5.41) is 0. The highest BCUT2D eigenvalue weighted by molar-refractivity contribution is 5.95. The highest BCUT2D eigenvalue weighted by Gasteiger charge is 2.18. The molecule has 0 aliphatic rings. The van der Waals surface area contributed by atoms with Crippen LogP contribution in [0.1, 0.15) is 22.8 Å². The highest BCUT2D eigenvalue weighted by Crippen LogP contribution is 2.35. The molecule has 5 nitrogen and oxygen atoms in total. The molecule has 0 heterocycles. The van der Waals surface area contributed by atoms with Crippen molar-refractivity contribution in [2.75, 3.05) is 14.2 Å². The van der Waals surface area contributed by atoms with E-state index in [1.165, 1.54) is 27.2 Å². The lowest BCUT2D eigenvalue weighted by atomic mass is 9.98. The van der Waals surface area contributed by atoms with Gasteiger partial charge in [-0.25, -0.2) is 9.18 Å². The Morgan fingerprint density at radius 2 is 1.88 bits per heavy atom. The van der Waals surface area contributed by atoms with E-state index in [2.05, 4.69) is 4.74 Å². The Hall–Kier alpha value is -2.89. The van der Waals surface area contributed by atoms with Crippen molar-refractivity contribution in [1.82, 2.24) is 0 Å². The van der Waals surface area contributed by atoms with Crippen LogP contribution in [-0.4, -0.2) is 26.2 Å². The first-order valence-electron chi connectivity index (χ1n) is 7.15. The first-order chi connectivity index (χ1) is 11.5. The predicted octanol–water partition coefficient (Wildman–Crippen LogP) is 3.99. The van der Waals surface area contributed by atoms with E-state index in [0.717, 1.165) is 0 Å². The molecule has 0 radical (unpaired) electrons. The smallest absolute Gasteiger partial charge is 0.496 e. The largest absolute Gasteiger partial charge is 0.508 e. The fourth-order valence-corrected chi connectivity index (χ4v) is 2.24. The van der Waals surface area contributed by atoms with Gasteiger partial charge in [0, 0.05) is 11.1 Å². The molecule has 0 saturated heterocycles. The second kappa shape index (κ2) is 7.59. The van der Waals surface area contributed by atoms with Gasteiger partial charge >= 0.3 is 6.16 Å². The molecule has 0 atom stereocenters. The van der Waals surface area contributed by atoms with E-state index in [9.17, 15) is 14.0 Å². The summed E-state index contributed by atoms with van der Waals surface area (Å²) < 4.78 is 29.3. The quantitative estimate of drug-likeness (QED) is 0.612. The van der Waals surface area contributed by atoms with Gasteiger partial charge in [0.15, 0.2) is 5.78 Å². The van der Waals surface area contributed by atoms with Crippen molar-refractivity contribution < 1.29 is 28.2 Å². The molecule has 126 valence electrons. The third-order valence-corrected chi connectivity index (χ3v) is 3.47. The van der Waals surface area contributed by atoms with E-state index in [1.807, 2.05) is 0 Å². The second-order valence-electron chi connectivity index (χ2n) is 5.00. The summed E-state index contributed by atoms with van der Waals surface area (Å²) in [6.45, 7) is 1.16. The molecule has 2 aromatic carbocycles. The van der Waals surface area contributed by atoms with Gasteiger partial charge in [0.25, 0.3) is 0 Å². The fourth-order valence-electron chi connectivity index (χ4n) is 2.24. The van der Waals surface area contributed by atoms with Crippen LogP contribution in [0.4, 0.5) is 9.18 Å². The summed E-state index contributed by atoms with van der Waals surface area (Å²) in [7, 11) is 2.60. The van der Waals surface area contributed by atoms with Crippen LogP contribution in [0.3, 0.4) is 0 Å². The molecular formula is C18H17FO5. The third kappa shape index (κ3) is 3.71. The number of carbonyl (C=O) groups excluding carboxylic acids is 2. The molecule has 6 heteroatoms. The van der Waals surface area contributed by atoms with Gasteiger partial charge in [0.1, 0.15) is 18.2 Å². The molecule has 0 aliphatic carbocycles. The van der Waals surface area contributed by atoms with Gasteiger partial charge in [-0.2, -0.15) is 0 Å². The average molecular weight is 332 g/mol. The van der Waals surface area contributed by atoms with Crippen LogP contribution < -0.4 is 4.74 Å². The Bertz CT molecular complexity index is 770. The van der Waals surface area contributed by atoms with Gasteiger partial charge in [0.05, 0.1) is 19.8 Å². The van der Waals surface area contributed by atoms with Crippen molar-refractivity contribution in [2.24, 2.45) is 0 Å². The minimum absolute atomic E-state index is 0.124. The lowest BCUT2D eigenvalue weighted by Gasteiger charge is -2.14. The molecule has 0 unspecified atom stereocenters. The topological polar surface area (TPSA) is 61.8 Å². The number of ether oxygens (including phenoxy) is 3. The number of rotatable bonds is 5. The normalized spacial score (nSPS) is 10.2. The van der Waals surface area contributed by atoms with Crippen LogP contribution in [0.25, 0.3) is 11.1 Å². The van der Waals surface area contributed by atoms with Gasteiger partial charge in [-0.15, -0.1) is 0 Å². The molecule has 2 aromatic rings. The van der Waals surface area contributed by atoms with Gasteiger partial charge in [-0.3, -0.25) is 4.79 Å². The van der Waals surface area contributed by atoms with Gasteiger partial charge < -0.3 is 14.2 Å². The zero-order valence-electron chi connectivity index (χ0n) is 13.6. The van der Waals surface area contributed by atoms with Crippen molar-refractivity contribution in [3.8, 4) is 16.9 Å². The first-order valence-corrected chi connectivity index (χ1v) is 7.15. The molecule has 0 saturated carbocycles. The summed E-state index contributed by atoms with van der Waals surface area (Å²) in [5.74, 6) is -0.393. The Morgan fingerprint density at radius 3 is 2.50 bits per heavy atom. The van der Waals surface area contributed by atoms with Crippen LogP contribution in [0.5, 0.6) is 5.75 Å². The van der Waals surface area contributed by atoms with Gasteiger partial charge in [-0.05, 0) is 30.7 Å². The number of hydrogen-bond acceptors (Lipinski definition) is 5. The summed E-state index contributed by atoms with van der Waals surface area (Å²) >= 11 is 0. The zero-order chi connectivity index (χ0) is 17.7. The summed E-state index contributed by atoms with van der Waals surface area (Å²) in [6, 6.07) is 9.64. The predicted molar refractivity (Wildman–Crippen MR) is 85.6 cm³/mol. The van der Waals surface area contributed by atoms with E-state index in [-0.39, 0.29) is 23.5 Å². The zero-order valence-corrected chi connectivity index (χ0v) is 13.6. The maximum absolute atomic E-state index is 14.9. The van der Waals surface area contributed by atoms with E-state index >= 15 is 0 Å². The van der Waals surface area contributed by atoms with Crippen LogP contribution in [0, 0.1) is 5.82 Å². The lowest BCUT2D eigenvalue weighted by Crippen LogP contribution is -2.06. The van der Waals surface area contributed by atoms with Crippen molar-refractivity contribution >= 4 is 11.9 Å². The number of benzene rings is 2. The average Bonchev–Trinajstić information content (AvgIpc) is 2.60. The van der Waals surface area contributed by atoms with E-state index in [1.54, 1.807) is 30.3 Å². The minimum atomic E-state index is -0.898. The Morgan fingerprint density at radius 1 is 1.12 bits per heavy atom. The van der Waals surface area contributed by atoms with Crippen LogP contribution >= 0.6 is 0 Å². The monoisotopic (exact) mass is 332 g/mol. The van der Waals surface area contributed by atoms with Crippen LogP contribution in [-0.2, 0) is 16.1 Å². The molecule has 0 fully saturated rings. The maximum atomic E-state index is 14.9. The van der Waals surface area contributed by atoms with E-state index in [0.29, 0.717) is 16.9 Å². The lowest BCUT2D eigenvalue weighted by molar-refractivity contribution is 0.0661. The Balaban J connectivity index is 2.49. The van der Waals surface area contributed by atoms with Crippen LogP contribution in [0.15, 0.2) is 36.4 Å². The first kappa shape index (κ1) is 17.5. The minimum Gasteiger partial charge on any atom is -0.496 e. The van der Waals surface area contributed by atoms with Crippen LogP contribution in [0.2, 0.25) is 0 Å². The molecule has 2 rings (SSSR count). The Kier molecular flexibility index (Phi) is 5.52. The molecule has 24 heavy (non-hydrogen) atoms. The molecule has 0 bridgehead atoms. The standard InChI is InChI=1S/C18H17FO5/c1-11(20)12-5-4-6-13(9-12)16-15(22-2)8-7-14(17(16)19)10-24-18(21)23-3/h4-9H,10H2,1-3H3. The highest BCUT2D eigenvalue weighted by atomic mass is 19.1. The second-order valence-corrected chi connectivity index (χ2v) is 5.00. The van der Waals surface area contributed by atoms with Crippen molar-refractivity contribution in [3.05, 3.63) is 53.3 Å².